The maximum absolute atomic E-state index is 12.3. The number of aliphatic hydroxyl groups excluding tert-OH is 1. The summed E-state index contributed by atoms with van der Waals surface area (Å²) < 4.78 is 22.2. The quantitative estimate of drug-likeness (QED) is 0.190. The van der Waals surface area contributed by atoms with Gasteiger partial charge in [0.05, 0.1) is 19.3 Å². The summed E-state index contributed by atoms with van der Waals surface area (Å²) in [5.74, 6) is -1.42. The minimum Gasteiger partial charge on any atom is -0.445 e. The lowest BCUT2D eigenvalue weighted by molar-refractivity contribution is -0.390. The maximum atomic E-state index is 12.3. The molecule has 3 aromatic rings. The molecule has 0 aromatic heterocycles. The van der Waals surface area contributed by atoms with Crippen LogP contribution in [-0.2, 0) is 32.2 Å². The Kier molecular flexibility index (Phi) is 8.52. The van der Waals surface area contributed by atoms with Gasteiger partial charge in [0.1, 0.15) is 23.9 Å². The standard InChI is InChI=1S/C29H28Cl3NO6/c30-29(31,32)27(33)39-26-23(36-16-18-10-4-1-5-11-18)25(37-17-19-12-6-2-7-13-19)28(35)21(22(34)24(28)38-26)20-14-8-3-9-15-20/h1-15,21-26,33-35H,16-17H2/t21?,22?,23-,24-,25-,26-,28-/m1/s1. The van der Waals surface area contributed by atoms with Gasteiger partial charge in [-0.2, -0.15) is 0 Å². The summed E-state index contributed by atoms with van der Waals surface area (Å²) in [4.78, 5) is 0. The Labute approximate surface area is 241 Å². The fraction of sp³-hybridized carbons (Fsp3) is 0.345. The Bertz CT molecular complexity index is 1250. The van der Waals surface area contributed by atoms with Crippen LogP contribution in [0.15, 0.2) is 91.0 Å². The Balaban J connectivity index is 1.52. The number of hydrogen-bond donors (Lipinski definition) is 3. The molecule has 1 aliphatic carbocycles. The molecule has 10 heteroatoms. The highest BCUT2D eigenvalue weighted by Gasteiger charge is 2.72. The molecule has 0 bridgehead atoms. The highest BCUT2D eigenvalue weighted by Crippen LogP contribution is 2.55. The smallest absolute Gasteiger partial charge is 0.265 e. The summed E-state index contributed by atoms with van der Waals surface area (Å²) in [6.07, 6.45) is -5.66. The molecule has 0 spiro atoms. The van der Waals surface area contributed by atoms with Crippen molar-refractivity contribution in [1.82, 2.24) is 0 Å². The van der Waals surface area contributed by atoms with Crippen molar-refractivity contribution in [2.45, 2.75) is 59.2 Å². The van der Waals surface area contributed by atoms with Gasteiger partial charge in [0.15, 0.2) is 0 Å². The predicted molar refractivity (Wildman–Crippen MR) is 148 cm³/mol. The molecule has 0 amide bonds. The second-order valence-electron chi connectivity index (χ2n) is 9.61. The van der Waals surface area contributed by atoms with Gasteiger partial charge in [-0.15, -0.1) is 0 Å². The van der Waals surface area contributed by atoms with E-state index in [1.807, 2.05) is 91.0 Å². The van der Waals surface area contributed by atoms with Crippen LogP contribution in [0.5, 0.6) is 0 Å². The molecule has 2 aliphatic rings. The zero-order valence-corrected chi connectivity index (χ0v) is 23.0. The van der Waals surface area contributed by atoms with E-state index in [0.717, 1.165) is 16.7 Å². The van der Waals surface area contributed by atoms with Crippen LogP contribution in [0.25, 0.3) is 0 Å². The van der Waals surface area contributed by atoms with E-state index in [0.29, 0.717) is 0 Å². The van der Waals surface area contributed by atoms with Gasteiger partial charge in [-0.05, 0) is 16.7 Å². The monoisotopic (exact) mass is 591 g/mol. The molecule has 1 aliphatic heterocycles. The molecule has 1 heterocycles. The second-order valence-corrected chi connectivity index (χ2v) is 11.9. The molecule has 3 aromatic carbocycles. The molecule has 1 saturated heterocycles. The van der Waals surface area contributed by atoms with Crippen molar-refractivity contribution in [3.63, 3.8) is 0 Å². The molecule has 206 valence electrons. The van der Waals surface area contributed by atoms with Crippen molar-refractivity contribution in [2.75, 3.05) is 0 Å². The highest BCUT2D eigenvalue weighted by atomic mass is 35.6. The van der Waals surface area contributed by atoms with Crippen molar-refractivity contribution in [3.05, 3.63) is 108 Å². The third kappa shape index (κ3) is 5.82. The Morgan fingerprint density at radius 1 is 0.846 bits per heavy atom. The van der Waals surface area contributed by atoms with E-state index in [2.05, 4.69) is 0 Å². The van der Waals surface area contributed by atoms with Crippen molar-refractivity contribution >= 4 is 40.7 Å². The van der Waals surface area contributed by atoms with Gasteiger partial charge >= 0.3 is 0 Å². The number of ether oxygens (including phenoxy) is 4. The second kappa shape index (κ2) is 11.7. The van der Waals surface area contributed by atoms with Crippen molar-refractivity contribution in [3.8, 4) is 0 Å². The average molecular weight is 593 g/mol. The van der Waals surface area contributed by atoms with Crippen LogP contribution < -0.4 is 0 Å². The average Bonchev–Trinajstić information content (AvgIpc) is 2.93. The third-order valence-corrected chi connectivity index (χ3v) is 7.63. The first kappa shape index (κ1) is 28.3. The molecular formula is C29H28Cl3NO6. The lowest BCUT2D eigenvalue weighted by atomic mass is 9.57. The van der Waals surface area contributed by atoms with Gasteiger partial charge in [-0.1, -0.05) is 126 Å². The normalized spacial score (nSPS) is 30.2. The van der Waals surface area contributed by atoms with Gasteiger partial charge in [0.2, 0.25) is 12.2 Å². The molecule has 3 N–H and O–H groups in total. The van der Waals surface area contributed by atoms with E-state index in [4.69, 9.17) is 59.2 Å². The van der Waals surface area contributed by atoms with Crippen LogP contribution in [0.3, 0.4) is 0 Å². The number of benzene rings is 3. The number of halogens is 3. The van der Waals surface area contributed by atoms with Crippen LogP contribution in [0, 0.1) is 5.41 Å². The molecule has 7 atom stereocenters. The van der Waals surface area contributed by atoms with Crippen LogP contribution in [0.1, 0.15) is 22.6 Å². The van der Waals surface area contributed by atoms with Gasteiger partial charge in [-0.3, -0.25) is 5.41 Å². The van der Waals surface area contributed by atoms with Gasteiger partial charge < -0.3 is 29.2 Å². The van der Waals surface area contributed by atoms with Crippen LogP contribution in [-0.4, -0.2) is 56.2 Å². The number of rotatable bonds is 8. The number of alkyl halides is 3. The summed E-state index contributed by atoms with van der Waals surface area (Å²) in [5.41, 5.74) is 0.750. The maximum Gasteiger partial charge on any atom is 0.265 e. The first-order chi connectivity index (χ1) is 18.7. The van der Waals surface area contributed by atoms with E-state index in [-0.39, 0.29) is 13.2 Å². The fourth-order valence-corrected chi connectivity index (χ4v) is 5.39. The fourth-order valence-electron chi connectivity index (χ4n) is 5.26. The third-order valence-electron chi connectivity index (χ3n) is 7.12. The predicted octanol–water partition coefficient (Wildman–Crippen LogP) is 5.14. The highest BCUT2D eigenvalue weighted by molar-refractivity contribution is 6.76. The summed E-state index contributed by atoms with van der Waals surface area (Å²) in [6, 6.07) is 28.1. The largest absolute Gasteiger partial charge is 0.445 e. The molecule has 5 rings (SSSR count). The molecule has 1 saturated carbocycles. The van der Waals surface area contributed by atoms with E-state index >= 15 is 0 Å². The Morgan fingerprint density at radius 3 is 1.90 bits per heavy atom. The lowest BCUT2D eigenvalue weighted by Crippen LogP contribution is -2.81. The number of hydrogen-bond acceptors (Lipinski definition) is 7. The molecule has 39 heavy (non-hydrogen) atoms. The van der Waals surface area contributed by atoms with Crippen LogP contribution in [0.2, 0.25) is 0 Å². The molecular weight excluding hydrogens is 565 g/mol. The van der Waals surface area contributed by atoms with Crippen LogP contribution in [0.4, 0.5) is 0 Å². The van der Waals surface area contributed by atoms with E-state index < -0.39 is 51.9 Å². The minimum absolute atomic E-state index is 0.125. The number of aliphatic hydroxyl groups is 2. The van der Waals surface area contributed by atoms with E-state index in [9.17, 15) is 10.2 Å². The van der Waals surface area contributed by atoms with Crippen molar-refractivity contribution in [2.24, 2.45) is 0 Å². The zero-order chi connectivity index (χ0) is 27.6. The number of nitrogens with one attached hydrogen (secondary N) is 1. The van der Waals surface area contributed by atoms with Crippen molar-refractivity contribution in [1.29, 1.82) is 5.41 Å². The van der Waals surface area contributed by atoms with Crippen LogP contribution >= 0.6 is 34.8 Å². The molecule has 7 nitrogen and oxygen atoms in total. The first-order valence-corrected chi connectivity index (χ1v) is 13.6. The summed E-state index contributed by atoms with van der Waals surface area (Å²) in [5, 5.41) is 31.6. The summed E-state index contributed by atoms with van der Waals surface area (Å²) in [7, 11) is 0. The Hall–Kier alpha value is -2.20. The Morgan fingerprint density at radius 2 is 1.36 bits per heavy atom. The topological polar surface area (TPSA) is 101 Å². The van der Waals surface area contributed by atoms with Gasteiger partial charge in [0, 0.05) is 5.92 Å². The molecule has 2 unspecified atom stereocenters. The van der Waals surface area contributed by atoms with Gasteiger partial charge in [-0.25, -0.2) is 0 Å². The van der Waals surface area contributed by atoms with Crippen molar-refractivity contribution < 1.29 is 29.2 Å². The lowest BCUT2D eigenvalue weighted by Gasteiger charge is -2.63. The SMILES string of the molecule is N=C(O[C@H]1O[C@@H]2C(O)C(c3ccccc3)[C@]2(O)[C@H](OCc2ccccc2)[C@H]1OCc1ccccc1)C(Cl)(Cl)Cl. The zero-order valence-electron chi connectivity index (χ0n) is 20.7. The number of fused-ring (bicyclic) bond motifs is 1. The summed E-state index contributed by atoms with van der Waals surface area (Å²) >= 11 is 17.7. The molecule has 0 radical (unpaired) electrons. The minimum atomic E-state index is -2.16. The molecule has 2 fully saturated rings. The van der Waals surface area contributed by atoms with E-state index in [1.165, 1.54) is 0 Å². The first-order valence-electron chi connectivity index (χ1n) is 12.4. The van der Waals surface area contributed by atoms with E-state index in [1.54, 1.807) is 0 Å². The van der Waals surface area contributed by atoms with Gasteiger partial charge in [0.25, 0.3) is 3.79 Å². The summed E-state index contributed by atoms with van der Waals surface area (Å²) in [6.45, 7) is 0.262.